The van der Waals surface area contributed by atoms with E-state index in [4.69, 9.17) is 4.74 Å². The Morgan fingerprint density at radius 2 is 2.05 bits per heavy atom. The van der Waals surface area contributed by atoms with Crippen molar-refractivity contribution >= 4 is 11.4 Å². The van der Waals surface area contributed by atoms with Gasteiger partial charge in [0.2, 0.25) is 0 Å². The molecule has 5 nitrogen and oxygen atoms in total. The molecule has 0 bridgehead atoms. The van der Waals surface area contributed by atoms with E-state index in [2.05, 4.69) is 12.2 Å². The van der Waals surface area contributed by atoms with E-state index in [0.29, 0.717) is 17.5 Å². The highest BCUT2D eigenvalue weighted by Crippen LogP contribution is 2.33. The maximum absolute atomic E-state index is 11.2. The molecule has 0 atom stereocenters. The van der Waals surface area contributed by atoms with E-state index in [9.17, 15) is 10.1 Å². The SMILES string of the molecule is CCCC1CCC(Nc2ccc(OC)cc2[N+](=O)[O-])CC1. The fourth-order valence-electron chi connectivity index (χ4n) is 3.14. The first-order valence-corrected chi connectivity index (χ1v) is 7.73. The van der Waals surface area contributed by atoms with Gasteiger partial charge in [-0.3, -0.25) is 10.1 Å². The minimum Gasteiger partial charge on any atom is -0.496 e. The minimum atomic E-state index is -0.354. The molecule has 0 unspecified atom stereocenters. The monoisotopic (exact) mass is 292 g/mol. The summed E-state index contributed by atoms with van der Waals surface area (Å²) >= 11 is 0. The standard InChI is InChI=1S/C16H24N2O3/c1-3-4-12-5-7-13(8-6-12)17-15-10-9-14(21-2)11-16(15)18(19)20/h9-13,17H,3-8H2,1-2H3. The molecule has 1 aliphatic rings. The van der Waals surface area contributed by atoms with Crippen molar-refractivity contribution in [3.05, 3.63) is 28.3 Å². The Kier molecular flexibility index (Phi) is 5.42. The lowest BCUT2D eigenvalue weighted by Gasteiger charge is -2.29. The first kappa shape index (κ1) is 15.6. The molecule has 116 valence electrons. The van der Waals surface area contributed by atoms with E-state index >= 15 is 0 Å². The topological polar surface area (TPSA) is 64.4 Å². The molecule has 1 aromatic rings. The normalized spacial score (nSPS) is 21.8. The van der Waals surface area contributed by atoms with Crippen LogP contribution in [0, 0.1) is 16.0 Å². The number of nitrogens with one attached hydrogen (secondary N) is 1. The van der Waals surface area contributed by atoms with Crippen LogP contribution in [0.5, 0.6) is 5.75 Å². The molecule has 1 fully saturated rings. The zero-order chi connectivity index (χ0) is 15.2. The molecule has 0 aromatic heterocycles. The first-order valence-electron chi connectivity index (χ1n) is 7.73. The van der Waals surface area contributed by atoms with Crippen molar-refractivity contribution < 1.29 is 9.66 Å². The molecule has 21 heavy (non-hydrogen) atoms. The van der Waals surface area contributed by atoms with Gasteiger partial charge in [0.1, 0.15) is 11.4 Å². The summed E-state index contributed by atoms with van der Waals surface area (Å²) in [6.45, 7) is 2.23. The van der Waals surface area contributed by atoms with Gasteiger partial charge in [0.25, 0.3) is 5.69 Å². The van der Waals surface area contributed by atoms with Crippen LogP contribution in [-0.4, -0.2) is 18.1 Å². The number of hydrogen-bond acceptors (Lipinski definition) is 4. The van der Waals surface area contributed by atoms with Crippen molar-refractivity contribution in [3.63, 3.8) is 0 Å². The average molecular weight is 292 g/mol. The van der Waals surface area contributed by atoms with Crippen molar-refractivity contribution in [3.8, 4) is 5.75 Å². The molecular weight excluding hydrogens is 268 g/mol. The Labute approximate surface area is 125 Å². The second-order valence-electron chi connectivity index (χ2n) is 5.79. The lowest BCUT2D eigenvalue weighted by Crippen LogP contribution is -2.26. The summed E-state index contributed by atoms with van der Waals surface area (Å²) in [5.74, 6) is 1.35. The predicted molar refractivity (Wildman–Crippen MR) is 83.9 cm³/mol. The van der Waals surface area contributed by atoms with Gasteiger partial charge in [-0.05, 0) is 43.7 Å². The fourth-order valence-corrected chi connectivity index (χ4v) is 3.14. The van der Waals surface area contributed by atoms with E-state index < -0.39 is 0 Å². The predicted octanol–water partition coefficient (Wildman–Crippen LogP) is 4.37. The largest absolute Gasteiger partial charge is 0.496 e. The third kappa shape index (κ3) is 4.09. The number of rotatable bonds is 6. The van der Waals surface area contributed by atoms with Crippen LogP contribution in [0.15, 0.2) is 18.2 Å². The summed E-state index contributed by atoms with van der Waals surface area (Å²) in [6.07, 6.45) is 7.16. The molecule has 0 spiro atoms. The number of ether oxygens (including phenoxy) is 1. The third-order valence-corrected chi connectivity index (χ3v) is 4.30. The maximum Gasteiger partial charge on any atom is 0.296 e. The van der Waals surface area contributed by atoms with Gasteiger partial charge in [0.15, 0.2) is 0 Å². The molecule has 0 amide bonds. The van der Waals surface area contributed by atoms with Crippen LogP contribution in [0.2, 0.25) is 0 Å². The highest BCUT2D eigenvalue weighted by Gasteiger charge is 2.23. The van der Waals surface area contributed by atoms with Crippen molar-refractivity contribution in [1.82, 2.24) is 0 Å². The van der Waals surface area contributed by atoms with E-state index in [-0.39, 0.29) is 10.6 Å². The molecule has 1 N–H and O–H groups in total. The van der Waals surface area contributed by atoms with E-state index in [1.165, 1.54) is 38.9 Å². The number of hydrogen-bond donors (Lipinski definition) is 1. The van der Waals surface area contributed by atoms with E-state index in [1.54, 1.807) is 12.1 Å². The summed E-state index contributed by atoms with van der Waals surface area (Å²) in [7, 11) is 1.52. The van der Waals surface area contributed by atoms with Gasteiger partial charge >= 0.3 is 0 Å². The zero-order valence-corrected chi connectivity index (χ0v) is 12.8. The van der Waals surface area contributed by atoms with Crippen LogP contribution < -0.4 is 10.1 Å². The third-order valence-electron chi connectivity index (χ3n) is 4.30. The Balaban J connectivity index is 2.01. The molecule has 1 aromatic carbocycles. The summed E-state index contributed by atoms with van der Waals surface area (Å²) < 4.78 is 5.06. The quantitative estimate of drug-likeness (QED) is 0.624. The number of nitro groups is 1. The van der Waals surface area contributed by atoms with Crippen molar-refractivity contribution in [2.75, 3.05) is 12.4 Å². The van der Waals surface area contributed by atoms with E-state index in [1.807, 2.05) is 0 Å². The molecule has 0 heterocycles. The Hall–Kier alpha value is -1.78. The van der Waals surface area contributed by atoms with Gasteiger partial charge in [0, 0.05) is 6.04 Å². The van der Waals surface area contributed by atoms with Crippen molar-refractivity contribution in [2.45, 2.75) is 51.5 Å². The van der Waals surface area contributed by atoms with Crippen LogP contribution in [0.3, 0.4) is 0 Å². The van der Waals surface area contributed by atoms with Crippen molar-refractivity contribution in [1.29, 1.82) is 0 Å². The summed E-state index contributed by atoms with van der Waals surface area (Å²) in [5, 5.41) is 14.5. The number of nitrogens with zero attached hydrogens (tertiary/aromatic N) is 1. The van der Waals surface area contributed by atoms with Crippen molar-refractivity contribution in [2.24, 2.45) is 5.92 Å². The van der Waals surface area contributed by atoms with Gasteiger partial charge < -0.3 is 10.1 Å². The fraction of sp³-hybridized carbons (Fsp3) is 0.625. The van der Waals surface area contributed by atoms with Crippen LogP contribution in [0.1, 0.15) is 45.4 Å². The Morgan fingerprint density at radius 1 is 1.33 bits per heavy atom. The molecule has 0 aliphatic heterocycles. The molecule has 2 rings (SSSR count). The molecule has 0 saturated heterocycles. The highest BCUT2D eigenvalue weighted by molar-refractivity contribution is 5.64. The average Bonchev–Trinajstić information content (AvgIpc) is 2.49. The second-order valence-corrected chi connectivity index (χ2v) is 5.79. The smallest absolute Gasteiger partial charge is 0.296 e. The maximum atomic E-state index is 11.2. The molecule has 0 radical (unpaired) electrons. The van der Waals surface area contributed by atoms with Gasteiger partial charge in [-0.25, -0.2) is 0 Å². The number of methoxy groups -OCH3 is 1. The number of nitro benzene ring substituents is 1. The van der Waals surface area contributed by atoms with Gasteiger partial charge in [0.05, 0.1) is 18.1 Å². The number of anilines is 1. The van der Waals surface area contributed by atoms with E-state index in [0.717, 1.165) is 18.8 Å². The van der Waals surface area contributed by atoms with Crippen LogP contribution in [0.4, 0.5) is 11.4 Å². The zero-order valence-electron chi connectivity index (χ0n) is 12.8. The van der Waals surface area contributed by atoms with Gasteiger partial charge in [-0.1, -0.05) is 19.8 Å². The summed E-state index contributed by atoms with van der Waals surface area (Å²) in [4.78, 5) is 10.8. The molecule has 1 aliphatic carbocycles. The molecule has 1 saturated carbocycles. The lowest BCUT2D eigenvalue weighted by molar-refractivity contribution is -0.384. The van der Waals surface area contributed by atoms with Crippen LogP contribution in [-0.2, 0) is 0 Å². The van der Waals surface area contributed by atoms with Crippen LogP contribution in [0.25, 0.3) is 0 Å². The van der Waals surface area contributed by atoms with Crippen LogP contribution >= 0.6 is 0 Å². The summed E-state index contributed by atoms with van der Waals surface area (Å²) in [6, 6.07) is 5.32. The second kappa shape index (κ2) is 7.29. The first-order chi connectivity index (χ1) is 10.1. The minimum absolute atomic E-state index is 0.0880. The van der Waals surface area contributed by atoms with Gasteiger partial charge in [-0.2, -0.15) is 0 Å². The Bertz CT molecular complexity index is 482. The summed E-state index contributed by atoms with van der Waals surface area (Å²) in [5.41, 5.74) is 0.685. The molecule has 5 heteroatoms. The van der Waals surface area contributed by atoms with Gasteiger partial charge in [-0.15, -0.1) is 0 Å². The number of benzene rings is 1. The lowest BCUT2D eigenvalue weighted by atomic mass is 9.83. The highest BCUT2D eigenvalue weighted by atomic mass is 16.6. The Morgan fingerprint density at radius 3 is 2.62 bits per heavy atom. The molecular formula is C16H24N2O3.